The van der Waals surface area contributed by atoms with Crippen LogP contribution in [0.5, 0.6) is 0 Å². The van der Waals surface area contributed by atoms with Gasteiger partial charge >= 0.3 is 0 Å². The zero-order chi connectivity index (χ0) is 10.1. The van der Waals surface area contributed by atoms with Crippen LogP contribution in [0.1, 0.15) is 20.8 Å². The summed E-state index contributed by atoms with van der Waals surface area (Å²) in [6, 6.07) is 0. The summed E-state index contributed by atoms with van der Waals surface area (Å²) in [4.78, 5) is 10.1. The molecule has 0 N–H and O–H groups in total. The molecule has 1 nitrogen and oxygen atoms in total. The summed E-state index contributed by atoms with van der Waals surface area (Å²) in [5.74, 6) is 0. The van der Waals surface area contributed by atoms with Crippen LogP contribution in [0.25, 0.3) is 0 Å². The van der Waals surface area contributed by atoms with Crippen molar-refractivity contribution in [3.05, 3.63) is 47.6 Å². The molecule has 0 heterocycles. The molecule has 0 radical (unpaired) electrons. The van der Waals surface area contributed by atoms with E-state index in [1.54, 1.807) is 0 Å². The Balaban J connectivity index is 4.21. The minimum absolute atomic E-state index is 0.794. The molecule has 0 rings (SSSR count). The van der Waals surface area contributed by atoms with Gasteiger partial charge in [-0.2, -0.15) is 0 Å². The second kappa shape index (κ2) is 7.29. The number of allylic oxidation sites excluding steroid dienone is 8. The maximum Gasteiger partial charge on any atom is 0.143 e. The molecule has 0 saturated carbocycles. The van der Waals surface area contributed by atoms with Crippen LogP contribution >= 0.6 is 0 Å². The fourth-order valence-corrected chi connectivity index (χ4v) is 0.833. The molecule has 0 aromatic carbocycles. The summed E-state index contributed by atoms with van der Waals surface area (Å²) in [6.45, 7) is 5.91. The van der Waals surface area contributed by atoms with E-state index >= 15 is 0 Å². The predicted octanol–water partition coefficient (Wildman–Crippen LogP) is 3.21. The van der Waals surface area contributed by atoms with Gasteiger partial charge in [0.15, 0.2) is 0 Å². The zero-order valence-electron chi connectivity index (χ0n) is 8.45. The summed E-state index contributed by atoms with van der Waals surface area (Å²) < 4.78 is 0. The van der Waals surface area contributed by atoms with Crippen molar-refractivity contribution >= 4 is 6.29 Å². The third-order valence-corrected chi connectivity index (χ3v) is 1.48. The Bertz CT molecular complexity index is 265. The largest absolute Gasteiger partial charge is 0.299 e. The summed E-state index contributed by atoms with van der Waals surface area (Å²) in [5, 5.41) is 0. The molecule has 0 fully saturated rings. The molecule has 0 aliphatic rings. The molecule has 70 valence electrons. The van der Waals surface area contributed by atoms with E-state index in [1.165, 1.54) is 11.6 Å². The average molecular weight is 176 g/mol. The smallest absolute Gasteiger partial charge is 0.143 e. The first-order valence-corrected chi connectivity index (χ1v) is 4.30. The summed E-state index contributed by atoms with van der Waals surface area (Å²) >= 11 is 0. The first-order valence-electron chi connectivity index (χ1n) is 4.30. The second-order valence-electron chi connectivity index (χ2n) is 2.82. The molecule has 0 saturated heterocycles. The van der Waals surface area contributed by atoms with Crippen LogP contribution in [0.15, 0.2) is 47.6 Å². The molecule has 0 aromatic heterocycles. The van der Waals surface area contributed by atoms with Gasteiger partial charge in [0.25, 0.3) is 0 Å². The van der Waals surface area contributed by atoms with E-state index in [0.717, 1.165) is 11.9 Å². The van der Waals surface area contributed by atoms with Gasteiger partial charge in [0.05, 0.1) is 0 Å². The maximum absolute atomic E-state index is 10.1. The van der Waals surface area contributed by atoms with E-state index in [0.29, 0.717) is 0 Å². The average Bonchev–Trinajstić information content (AvgIpc) is 2.05. The highest BCUT2D eigenvalue weighted by Crippen LogP contribution is 1.98. The lowest BCUT2D eigenvalue weighted by molar-refractivity contribution is -0.104. The number of aldehydes is 1. The van der Waals surface area contributed by atoms with Gasteiger partial charge in [-0.05, 0) is 32.4 Å². The van der Waals surface area contributed by atoms with Crippen LogP contribution < -0.4 is 0 Å². The Hall–Kier alpha value is -1.37. The van der Waals surface area contributed by atoms with Crippen LogP contribution in [-0.2, 0) is 4.79 Å². The van der Waals surface area contributed by atoms with Crippen molar-refractivity contribution < 1.29 is 4.79 Å². The van der Waals surface area contributed by atoms with E-state index in [-0.39, 0.29) is 0 Å². The molecule has 0 aromatic rings. The fraction of sp³-hybridized carbons (Fsp3) is 0.250. The number of carbonyl (C=O) groups is 1. The van der Waals surface area contributed by atoms with Crippen LogP contribution in [-0.4, -0.2) is 6.29 Å². The van der Waals surface area contributed by atoms with Crippen molar-refractivity contribution in [2.24, 2.45) is 0 Å². The van der Waals surface area contributed by atoms with E-state index in [2.05, 4.69) is 0 Å². The van der Waals surface area contributed by atoms with Crippen molar-refractivity contribution in [1.82, 2.24) is 0 Å². The number of rotatable bonds is 4. The predicted molar refractivity (Wildman–Crippen MR) is 57.5 cm³/mol. The van der Waals surface area contributed by atoms with Crippen LogP contribution in [0.3, 0.4) is 0 Å². The highest BCUT2D eigenvalue weighted by molar-refractivity contribution is 5.66. The van der Waals surface area contributed by atoms with E-state index in [4.69, 9.17) is 0 Å². The van der Waals surface area contributed by atoms with Crippen molar-refractivity contribution in [3.63, 3.8) is 0 Å². The van der Waals surface area contributed by atoms with E-state index < -0.39 is 0 Å². The number of hydrogen-bond donors (Lipinski definition) is 0. The molecular formula is C12H16O. The van der Waals surface area contributed by atoms with Crippen molar-refractivity contribution in [2.45, 2.75) is 20.8 Å². The summed E-state index contributed by atoms with van der Waals surface area (Å²) in [5.41, 5.74) is 2.15. The lowest BCUT2D eigenvalue weighted by atomic mass is 10.2. The molecule has 0 aliphatic carbocycles. The van der Waals surface area contributed by atoms with Crippen LogP contribution in [0.2, 0.25) is 0 Å². The number of hydrogen-bond acceptors (Lipinski definition) is 1. The highest BCUT2D eigenvalue weighted by Gasteiger charge is 1.78. The molecule has 0 spiro atoms. The van der Waals surface area contributed by atoms with Crippen LogP contribution in [0, 0.1) is 0 Å². The van der Waals surface area contributed by atoms with Gasteiger partial charge in [-0.15, -0.1) is 0 Å². The summed E-state index contributed by atoms with van der Waals surface area (Å²) in [7, 11) is 0. The standard InChI is InChI=1S/C12H16O/c1-4-6-11(2)7-5-8-12(3)9-10-13/h4-10H,1-3H3/b6-4+,8-5+,11-7+,12-9+. The Kier molecular flexibility index (Phi) is 6.52. The molecule has 13 heavy (non-hydrogen) atoms. The molecule has 0 unspecified atom stereocenters. The highest BCUT2D eigenvalue weighted by atomic mass is 16.1. The van der Waals surface area contributed by atoms with Gasteiger partial charge in [-0.25, -0.2) is 0 Å². The first-order chi connectivity index (χ1) is 6.20. The van der Waals surface area contributed by atoms with Gasteiger partial charge in [-0.1, -0.05) is 36.0 Å². The first kappa shape index (κ1) is 11.6. The quantitative estimate of drug-likeness (QED) is 0.365. The lowest BCUT2D eigenvalue weighted by Crippen LogP contribution is -1.69. The van der Waals surface area contributed by atoms with E-state index in [9.17, 15) is 4.79 Å². The van der Waals surface area contributed by atoms with Gasteiger partial charge in [0.2, 0.25) is 0 Å². The second-order valence-corrected chi connectivity index (χ2v) is 2.82. The van der Waals surface area contributed by atoms with Crippen LogP contribution in [0.4, 0.5) is 0 Å². The molecule has 0 atom stereocenters. The molecule has 0 amide bonds. The molecule has 0 bridgehead atoms. The monoisotopic (exact) mass is 176 g/mol. The Morgan fingerprint density at radius 1 is 1.00 bits per heavy atom. The molecule has 0 aliphatic heterocycles. The van der Waals surface area contributed by atoms with Gasteiger partial charge in [-0.3, -0.25) is 4.79 Å². The van der Waals surface area contributed by atoms with Gasteiger partial charge in [0, 0.05) is 0 Å². The summed E-state index contributed by atoms with van der Waals surface area (Å²) in [6.07, 6.45) is 12.2. The number of carbonyl (C=O) groups excluding carboxylic acids is 1. The Morgan fingerprint density at radius 2 is 1.62 bits per heavy atom. The Morgan fingerprint density at radius 3 is 2.15 bits per heavy atom. The molecule has 1 heteroatoms. The minimum Gasteiger partial charge on any atom is -0.299 e. The minimum atomic E-state index is 0.794. The van der Waals surface area contributed by atoms with Crippen molar-refractivity contribution in [3.8, 4) is 0 Å². The molecular weight excluding hydrogens is 160 g/mol. The SMILES string of the molecule is C/C=C/C(C)=C/C=C/C(C)=C/C=O. The third kappa shape index (κ3) is 7.01. The lowest BCUT2D eigenvalue weighted by Gasteiger charge is -1.87. The Labute approximate surface area is 80.2 Å². The fourth-order valence-electron chi connectivity index (χ4n) is 0.833. The topological polar surface area (TPSA) is 17.1 Å². The normalized spacial score (nSPS) is 14.4. The maximum atomic E-state index is 10.1. The van der Waals surface area contributed by atoms with Gasteiger partial charge in [0.1, 0.15) is 6.29 Å². The third-order valence-electron chi connectivity index (χ3n) is 1.48. The zero-order valence-corrected chi connectivity index (χ0v) is 8.45. The van der Waals surface area contributed by atoms with Gasteiger partial charge < -0.3 is 0 Å². The van der Waals surface area contributed by atoms with E-state index in [1.807, 2.05) is 51.2 Å². The van der Waals surface area contributed by atoms with Crippen molar-refractivity contribution in [2.75, 3.05) is 0 Å². The van der Waals surface area contributed by atoms with Crippen molar-refractivity contribution in [1.29, 1.82) is 0 Å².